The molecule has 8 nitrogen and oxygen atoms in total. The first-order chi connectivity index (χ1) is 15.7. The van der Waals surface area contributed by atoms with E-state index >= 15 is 0 Å². The number of nitrogens with zero attached hydrogens (tertiary/aromatic N) is 1. The second-order valence-electron chi connectivity index (χ2n) is 7.71. The van der Waals surface area contributed by atoms with Gasteiger partial charge in [0.15, 0.2) is 5.76 Å². The van der Waals surface area contributed by atoms with Gasteiger partial charge in [-0.3, -0.25) is 4.79 Å². The molecule has 2 aliphatic rings. The van der Waals surface area contributed by atoms with Crippen LogP contribution in [0.3, 0.4) is 0 Å². The molecule has 0 spiro atoms. The summed E-state index contributed by atoms with van der Waals surface area (Å²) < 4.78 is 28.4. The lowest BCUT2D eigenvalue weighted by molar-refractivity contribution is -0.173. The van der Waals surface area contributed by atoms with Crippen molar-refractivity contribution in [3.63, 3.8) is 0 Å². The van der Waals surface area contributed by atoms with Crippen molar-refractivity contribution in [1.82, 2.24) is 4.90 Å². The second kappa shape index (κ2) is 13.5. The summed E-state index contributed by atoms with van der Waals surface area (Å²) in [5.74, 6) is 0.191. The fourth-order valence-electron chi connectivity index (χ4n) is 4.01. The first-order valence-electron chi connectivity index (χ1n) is 11.4. The average Bonchev–Trinajstić information content (AvgIpc) is 2.84. The van der Waals surface area contributed by atoms with Crippen LogP contribution in [0.1, 0.15) is 24.8 Å². The van der Waals surface area contributed by atoms with E-state index in [1.165, 1.54) is 0 Å². The monoisotopic (exact) mass is 449 g/mol. The normalized spacial score (nSPS) is 23.5. The lowest BCUT2D eigenvalue weighted by Crippen LogP contribution is -2.44. The highest BCUT2D eigenvalue weighted by molar-refractivity contribution is 5.92. The van der Waals surface area contributed by atoms with Gasteiger partial charge in [-0.15, -0.1) is 0 Å². The van der Waals surface area contributed by atoms with E-state index in [1.54, 1.807) is 4.90 Å². The number of ether oxygens (including phenoxy) is 5. The van der Waals surface area contributed by atoms with Crippen LogP contribution in [0, 0.1) is 5.92 Å². The van der Waals surface area contributed by atoms with Crippen molar-refractivity contribution in [1.29, 1.82) is 0 Å². The van der Waals surface area contributed by atoms with E-state index in [2.05, 4.69) is 12.1 Å². The number of carbonyl (C=O) groups excluding carboxylic acids is 1. The van der Waals surface area contributed by atoms with E-state index in [0.29, 0.717) is 71.5 Å². The quantitative estimate of drug-likeness (QED) is 0.488. The topological polar surface area (TPSA) is 86.7 Å². The predicted octanol–water partition coefficient (Wildman–Crippen LogP) is 1.94. The maximum absolute atomic E-state index is 13.1. The molecule has 0 aliphatic carbocycles. The number of rotatable bonds is 12. The van der Waals surface area contributed by atoms with Crippen molar-refractivity contribution in [2.45, 2.75) is 25.6 Å². The molecule has 0 radical (unpaired) electrons. The zero-order valence-electron chi connectivity index (χ0n) is 18.8. The van der Waals surface area contributed by atoms with E-state index in [1.807, 2.05) is 31.2 Å². The van der Waals surface area contributed by atoms with Crippen molar-refractivity contribution in [2.75, 3.05) is 65.9 Å². The number of benzene rings is 1. The van der Waals surface area contributed by atoms with Gasteiger partial charge in [-0.2, -0.15) is 0 Å². The highest BCUT2D eigenvalue weighted by Crippen LogP contribution is 2.39. The van der Waals surface area contributed by atoms with Crippen molar-refractivity contribution in [3.05, 3.63) is 47.7 Å². The van der Waals surface area contributed by atoms with E-state index < -0.39 is 6.29 Å². The molecule has 1 aromatic carbocycles. The van der Waals surface area contributed by atoms with Crippen LogP contribution < -0.4 is 0 Å². The fraction of sp³-hybridized carbons (Fsp3) is 0.625. The molecule has 1 fully saturated rings. The van der Waals surface area contributed by atoms with Crippen molar-refractivity contribution >= 4 is 5.91 Å². The molecule has 0 saturated carbocycles. The third-order valence-electron chi connectivity index (χ3n) is 5.61. The molecule has 1 amide bonds. The Morgan fingerprint density at radius 2 is 1.81 bits per heavy atom. The molecule has 32 heavy (non-hydrogen) atoms. The van der Waals surface area contributed by atoms with Gasteiger partial charge in [-0.25, -0.2) is 0 Å². The number of hydrogen-bond donors (Lipinski definition) is 1. The minimum absolute atomic E-state index is 0.00282. The van der Waals surface area contributed by atoms with Gasteiger partial charge in [0.05, 0.1) is 39.6 Å². The number of aliphatic hydroxyl groups excluding tert-OH is 1. The van der Waals surface area contributed by atoms with Gasteiger partial charge in [-0.1, -0.05) is 30.3 Å². The number of allylic oxidation sites excluding steroid dienone is 1. The molecule has 1 saturated heterocycles. The largest absolute Gasteiger partial charge is 0.459 e. The van der Waals surface area contributed by atoms with E-state index in [4.69, 9.17) is 28.8 Å². The maximum atomic E-state index is 13.1. The molecule has 2 heterocycles. The first-order valence-corrected chi connectivity index (χ1v) is 11.4. The summed E-state index contributed by atoms with van der Waals surface area (Å²) >= 11 is 0. The lowest BCUT2D eigenvalue weighted by atomic mass is 9.81. The number of hydrogen-bond acceptors (Lipinski definition) is 7. The van der Waals surface area contributed by atoms with Gasteiger partial charge in [0, 0.05) is 38.1 Å². The molecule has 0 aromatic heterocycles. The first kappa shape index (κ1) is 24.7. The summed E-state index contributed by atoms with van der Waals surface area (Å²) in [7, 11) is 0. The smallest absolute Gasteiger partial charge is 0.288 e. The number of carbonyl (C=O) groups is 1. The minimum Gasteiger partial charge on any atom is -0.459 e. The molecule has 178 valence electrons. The summed E-state index contributed by atoms with van der Waals surface area (Å²) in [6, 6.07) is 10.1. The zero-order chi connectivity index (χ0) is 22.6. The summed E-state index contributed by atoms with van der Waals surface area (Å²) in [5, 5.41) is 8.77. The van der Waals surface area contributed by atoms with Crippen molar-refractivity contribution < 1.29 is 33.6 Å². The summed E-state index contributed by atoms with van der Waals surface area (Å²) in [5.41, 5.74) is 1.11. The second-order valence-corrected chi connectivity index (χ2v) is 7.71. The Balaban J connectivity index is 1.73. The Hall–Kier alpha value is -1.97. The van der Waals surface area contributed by atoms with Crippen LogP contribution in [0.4, 0.5) is 0 Å². The third-order valence-corrected chi connectivity index (χ3v) is 5.61. The summed E-state index contributed by atoms with van der Waals surface area (Å²) in [4.78, 5) is 14.9. The van der Waals surface area contributed by atoms with Crippen LogP contribution in [-0.2, 0) is 28.5 Å². The maximum Gasteiger partial charge on any atom is 0.288 e. The molecular formula is C24H35NO7. The predicted molar refractivity (Wildman–Crippen MR) is 118 cm³/mol. The van der Waals surface area contributed by atoms with Gasteiger partial charge >= 0.3 is 0 Å². The number of amides is 1. The van der Waals surface area contributed by atoms with Gasteiger partial charge in [-0.05, 0) is 25.0 Å². The highest BCUT2D eigenvalue weighted by Gasteiger charge is 2.39. The molecule has 1 N–H and O–H groups in total. The van der Waals surface area contributed by atoms with E-state index in [-0.39, 0.29) is 24.3 Å². The third kappa shape index (κ3) is 7.02. The Kier molecular flexibility index (Phi) is 10.4. The Morgan fingerprint density at radius 3 is 2.50 bits per heavy atom. The van der Waals surface area contributed by atoms with Crippen LogP contribution in [-0.4, -0.2) is 88.1 Å². The number of aliphatic hydroxyl groups is 1. The van der Waals surface area contributed by atoms with E-state index in [0.717, 1.165) is 5.56 Å². The Bertz CT molecular complexity index is 706. The van der Waals surface area contributed by atoms with Gasteiger partial charge < -0.3 is 33.7 Å². The standard InChI is InChI=1S/C24H35NO7/c1-2-31-24-20(8-12-28-16-17-30-15-11-26)21(19-6-4-3-5-7-19)18-22(32-24)23(27)25-9-13-29-14-10-25/h3-7,18,20-21,24,26H,2,8-17H2,1H3/t20-,21-,24-/m0/s1. The molecule has 0 unspecified atom stereocenters. The van der Waals surface area contributed by atoms with Gasteiger partial charge in [0.1, 0.15) is 0 Å². The van der Waals surface area contributed by atoms with Crippen molar-refractivity contribution in [3.8, 4) is 0 Å². The van der Waals surface area contributed by atoms with Crippen molar-refractivity contribution in [2.24, 2.45) is 5.92 Å². The van der Waals surface area contributed by atoms with Gasteiger partial charge in [0.25, 0.3) is 5.91 Å². The Morgan fingerprint density at radius 1 is 1.09 bits per heavy atom. The van der Waals surface area contributed by atoms with Crippen LogP contribution in [0.25, 0.3) is 0 Å². The molecule has 3 atom stereocenters. The lowest BCUT2D eigenvalue weighted by Gasteiger charge is -2.38. The zero-order valence-corrected chi connectivity index (χ0v) is 18.8. The fourth-order valence-corrected chi connectivity index (χ4v) is 4.01. The molecule has 0 bridgehead atoms. The molecule has 1 aromatic rings. The van der Waals surface area contributed by atoms with Gasteiger partial charge in [0.2, 0.25) is 6.29 Å². The molecular weight excluding hydrogens is 414 g/mol. The minimum atomic E-state index is -0.538. The number of morpholine rings is 1. The molecule has 8 heteroatoms. The molecule has 2 aliphatic heterocycles. The summed E-state index contributed by atoms with van der Waals surface area (Å²) in [6.07, 6.45) is 2.11. The van der Waals surface area contributed by atoms with E-state index in [9.17, 15) is 4.79 Å². The summed E-state index contributed by atoms with van der Waals surface area (Å²) in [6.45, 7) is 6.34. The van der Waals surface area contributed by atoms with Crippen LogP contribution in [0.2, 0.25) is 0 Å². The average molecular weight is 450 g/mol. The highest BCUT2D eigenvalue weighted by atomic mass is 16.7. The van der Waals surface area contributed by atoms with Crippen LogP contribution in [0.15, 0.2) is 42.2 Å². The molecule has 3 rings (SSSR count). The van der Waals surface area contributed by atoms with Crippen LogP contribution in [0.5, 0.6) is 0 Å². The Labute approximate surface area is 190 Å². The SMILES string of the molecule is CCO[C@H]1OC(C(=O)N2CCOCC2)=C[C@@H](c2ccccc2)[C@@H]1CCOCCOCCO. The van der Waals surface area contributed by atoms with Crippen LogP contribution >= 0.6 is 0 Å².